The van der Waals surface area contributed by atoms with Gasteiger partial charge in [-0.3, -0.25) is 0 Å². The van der Waals surface area contributed by atoms with E-state index < -0.39 is 17.3 Å². The molecule has 1 unspecified atom stereocenters. The standard InChI is InChI=1S/C15H11F3N2O/c16-15(17,18)10-7-5-9(6-8-10)14(21)11-3-1-2-4-12(11)20-13(14)19/h1-8,21H,(H2,19,20). The molecule has 0 aliphatic carbocycles. The van der Waals surface area contributed by atoms with Crippen LogP contribution in [0.15, 0.2) is 53.5 Å². The summed E-state index contributed by atoms with van der Waals surface area (Å²) in [6.07, 6.45) is -4.42. The van der Waals surface area contributed by atoms with Gasteiger partial charge in [-0.25, -0.2) is 4.99 Å². The second-order valence-corrected chi connectivity index (χ2v) is 4.80. The molecule has 1 aliphatic heterocycles. The first-order chi connectivity index (χ1) is 9.83. The van der Waals surface area contributed by atoms with Crippen molar-refractivity contribution < 1.29 is 18.3 Å². The van der Waals surface area contributed by atoms with E-state index in [0.29, 0.717) is 11.3 Å². The Kier molecular flexibility index (Phi) is 2.81. The average molecular weight is 292 g/mol. The lowest BCUT2D eigenvalue weighted by Crippen LogP contribution is -2.39. The molecule has 3 N–H and O–H groups in total. The molecule has 1 aliphatic rings. The molecule has 1 heterocycles. The van der Waals surface area contributed by atoms with Crippen LogP contribution in [0.3, 0.4) is 0 Å². The summed E-state index contributed by atoms with van der Waals surface area (Å²) in [5, 5.41) is 10.8. The van der Waals surface area contributed by atoms with Gasteiger partial charge in [-0.05, 0) is 23.8 Å². The maximum Gasteiger partial charge on any atom is 0.416 e. The number of aliphatic imine (C=N–C) groups is 1. The van der Waals surface area contributed by atoms with E-state index in [4.69, 9.17) is 5.73 Å². The number of para-hydroxylation sites is 1. The Balaban J connectivity index is 2.10. The summed E-state index contributed by atoms with van der Waals surface area (Å²) in [7, 11) is 0. The number of fused-ring (bicyclic) bond motifs is 1. The second kappa shape index (κ2) is 4.33. The van der Waals surface area contributed by atoms with Gasteiger partial charge in [0.1, 0.15) is 5.84 Å². The Morgan fingerprint density at radius 2 is 1.62 bits per heavy atom. The lowest BCUT2D eigenvalue weighted by atomic mass is 9.86. The van der Waals surface area contributed by atoms with Crippen LogP contribution in [0.4, 0.5) is 18.9 Å². The Morgan fingerprint density at radius 3 is 2.24 bits per heavy atom. The summed E-state index contributed by atoms with van der Waals surface area (Å²) in [4.78, 5) is 4.08. The molecule has 108 valence electrons. The molecule has 2 aromatic rings. The first-order valence-corrected chi connectivity index (χ1v) is 6.18. The number of halogens is 3. The van der Waals surface area contributed by atoms with Crippen molar-refractivity contribution >= 4 is 11.5 Å². The molecule has 0 saturated heterocycles. The van der Waals surface area contributed by atoms with Gasteiger partial charge in [0.05, 0.1) is 11.3 Å². The monoisotopic (exact) mass is 292 g/mol. The van der Waals surface area contributed by atoms with Crippen LogP contribution in [0, 0.1) is 0 Å². The van der Waals surface area contributed by atoms with Crippen molar-refractivity contribution in [2.24, 2.45) is 10.7 Å². The molecule has 2 aromatic carbocycles. The molecule has 0 amide bonds. The number of rotatable bonds is 1. The molecule has 0 spiro atoms. The van der Waals surface area contributed by atoms with Gasteiger partial charge >= 0.3 is 6.18 Å². The highest BCUT2D eigenvalue weighted by molar-refractivity contribution is 6.00. The van der Waals surface area contributed by atoms with Crippen molar-refractivity contribution in [1.29, 1.82) is 0 Å². The van der Waals surface area contributed by atoms with Crippen molar-refractivity contribution in [3.8, 4) is 0 Å². The summed E-state index contributed by atoms with van der Waals surface area (Å²) in [5.41, 5.74) is 4.55. The topological polar surface area (TPSA) is 58.6 Å². The largest absolute Gasteiger partial charge is 0.416 e. The first kappa shape index (κ1) is 13.6. The molecule has 0 aromatic heterocycles. The molecule has 0 saturated carbocycles. The predicted octanol–water partition coefficient (Wildman–Crippen LogP) is 2.94. The third kappa shape index (κ3) is 1.99. The van der Waals surface area contributed by atoms with E-state index >= 15 is 0 Å². The van der Waals surface area contributed by atoms with Gasteiger partial charge in [-0.1, -0.05) is 30.3 Å². The highest BCUT2D eigenvalue weighted by Crippen LogP contribution is 2.42. The lowest BCUT2D eigenvalue weighted by Gasteiger charge is -2.25. The number of hydrogen-bond acceptors (Lipinski definition) is 3. The van der Waals surface area contributed by atoms with E-state index in [2.05, 4.69) is 4.99 Å². The van der Waals surface area contributed by atoms with Crippen molar-refractivity contribution in [3.63, 3.8) is 0 Å². The number of alkyl halides is 3. The van der Waals surface area contributed by atoms with Gasteiger partial charge in [0.15, 0.2) is 5.60 Å². The normalized spacial score (nSPS) is 21.0. The van der Waals surface area contributed by atoms with Crippen LogP contribution in [-0.4, -0.2) is 10.9 Å². The van der Waals surface area contributed by atoms with E-state index in [1.54, 1.807) is 24.3 Å². The van der Waals surface area contributed by atoms with Crippen molar-refractivity contribution in [3.05, 3.63) is 65.2 Å². The second-order valence-electron chi connectivity index (χ2n) is 4.80. The Morgan fingerprint density at radius 1 is 1.00 bits per heavy atom. The third-order valence-electron chi connectivity index (χ3n) is 3.54. The quantitative estimate of drug-likeness (QED) is 0.849. The molecular formula is C15H11F3N2O. The van der Waals surface area contributed by atoms with E-state index in [9.17, 15) is 18.3 Å². The van der Waals surface area contributed by atoms with Crippen LogP contribution < -0.4 is 5.73 Å². The molecule has 6 heteroatoms. The summed E-state index contributed by atoms with van der Waals surface area (Å²) in [5.74, 6) is -0.0524. The zero-order valence-electron chi connectivity index (χ0n) is 10.7. The zero-order chi connectivity index (χ0) is 15.3. The predicted molar refractivity (Wildman–Crippen MR) is 72.2 cm³/mol. The Bertz CT molecular complexity index is 722. The Hall–Kier alpha value is -2.34. The number of amidine groups is 1. The molecular weight excluding hydrogens is 281 g/mol. The summed E-state index contributed by atoms with van der Waals surface area (Å²) in [6.45, 7) is 0. The van der Waals surface area contributed by atoms with Crippen LogP contribution in [0.1, 0.15) is 16.7 Å². The van der Waals surface area contributed by atoms with Gasteiger partial charge in [0.2, 0.25) is 0 Å². The highest BCUT2D eigenvalue weighted by atomic mass is 19.4. The van der Waals surface area contributed by atoms with Crippen molar-refractivity contribution in [2.75, 3.05) is 0 Å². The minimum atomic E-state index is -4.42. The molecule has 21 heavy (non-hydrogen) atoms. The number of aliphatic hydroxyl groups is 1. The maximum absolute atomic E-state index is 12.6. The van der Waals surface area contributed by atoms with Crippen molar-refractivity contribution in [2.45, 2.75) is 11.8 Å². The SMILES string of the molecule is NC1=Nc2ccccc2C1(O)c1ccc(C(F)(F)F)cc1. The number of nitrogens with zero attached hydrogens (tertiary/aromatic N) is 1. The fourth-order valence-corrected chi connectivity index (χ4v) is 2.43. The van der Waals surface area contributed by atoms with Crippen LogP contribution in [0.25, 0.3) is 0 Å². The summed E-state index contributed by atoms with van der Waals surface area (Å²) >= 11 is 0. The molecule has 0 radical (unpaired) electrons. The van der Waals surface area contributed by atoms with Crippen LogP contribution in [0.5, 0.6) is 0 Å². The number of hydrogen-bond donors (Lipinski definition) is 2. The first-order valence-electron chi connectivity index (χ1n) is 6.18. The van der Waals surface area contributed by atoms with Crippen LogP contribution in [0.2, 0.25) is 0 Å². The lowest BCUT2D eigenvalue weighted by molar-refractivity contribution is -0.137. The van der Waals surface area contributed by atoms with E-state index in [1.165, 1.54) is 12.1 Å². The van der Waals surface area contributed by atoms with E-state index in [0.717, 1.165) is 12.1 Å². The van der Waals surface area contributed by atoms with Crippen LogP contribution >= 0.6 is 0 Å². The summed E-state index contributed by atoms with van der Waals surface area (Å²) < 4.78 is 37.8. The zero-order valence-corrected chi connectivity index (χ0v) is 10.7. The minimum Gasteiger partial charge on any atom is -0.384 e. The van der Waals surface area contributed by atoms with E-state index in [1.807, 2.05) is 0 Å². The fourth-order valence-electron chi connectivity index (χ4n) is 2.43. The molecule has 3 rings (SSSR count). The average Bonchev–Trinajstić information content (AvgIpc) is 2.71. The molecule has 0 fully saturated rings. The van der Waals surface area contributed by atoms with E-state index in [-0.39, 0.29) is 11.4 Å². The smallest absolute Gasteiger partial charge is 0.384 e. The third-order valence-corrected chi connectivity index (χ3v) is 3.54. The number of benzene rings is 2. The van der Waals surface area contributed by atoms with Gasteiger partial charge in [0, 0.05) is 5.56 Å². The van der Waals surface area contributed by atoms with Gasteiger partial charge in [0.25, 0.3) is 0 Å². The maximum atomic E-state index is 12.6. The van der Waals surface area contributed by atoms with Gasteiger partial charge in [-0.15, -0.1) is 0 Å². The summed E-state index contributed by atoms with van der Waals surface area (Å²) in [6, 6.07) is 11.1. The van der Waals surface area contributed by atoms with Crippen LogP contribution in [-0.2, 0) is 11.8 Å². The molecule has 3 nitrogen and oxygen atoms in total. The fraction of sp³-hybridized carbons (Fsp3) is 0.133. The van der Waals surface area contributed by atoms with Gasteiger partial charge in [-0.2, -0.15) is 13.2 Å². The number of nitrogens with two attached hydrogens (primary N) is 1. The minimum absolute atomic E-state index is 0.0524. The highest BCUT2D eigenvalue weighted by Gasteiger charge is 2.42. The van der Waals surface area contributed by atoms with Crippen molar-refractivity contribution in [1.82, 2.24) is 0 Å². The Labute approximate surface area is 118 Å². The molecule has 0 bridgehead atoms. The molecule has 1 atom stereocenters. The van der Waals surface area contributed by atoms with Gasteiger partial charge < -0.3 is 10.8 Å².